The molecule has 0 heterocycles. The molecule has 1 rings (SSSR count). The smallest absolute Gasteiger partial charge is 0.324 e. The van der Waals surface area contributed by atoms with E-state index in [1.807, 2.05) is 0 Å². The Balaban J connectivity index is 3.07. The second-order valence-electron chi connectivity index (χ2n) is 2.88. The van der Waals surface area contributed by atoms with Crippen LogP contribution in [0.15, 0.2) is 23.1 Å². The normalized spacial score (nSPS) is 10.9. The summed E-state index contributed by atoms with van der Waals surface area (Å²) in [6, 6.07) is 3.50. The van der Waals surface area contributed by atoms with Crippen molar-refractivity contribution in [2.75, 3.05) is 11.2 Å². The molecule has 0 atom stereocenters. The van der Waals surface area contributed by atoms with E-state index in [2.05, 4.69) is 11.3 Å². The van der Waals surface area contributed by atoms with Gasteiger partial charge in [0.1, 0.15) is 0 Å². The molecule has 0 aliphatic carbocycles. The van der Waals surface area contributed by atoms with Crippen LogP contribution in [0.3, 0.4) is 0 Å². The molecule has 1 aromatic rings. The molecule has 0 spiro atoms. The zero-order chi connectivity index (χ0) is 12.2. The summed E-state index contributed by atoms with van der Waals surface area (Å²) < 4.78 is 37.5. The van der Waals surface area contributed by atoms with Crippen molar-refractivity contribution in [3.63, 3.8) is 0 Å². The molecule has 2 nitrogen and oxygen atoms in total. The van der Waals surface area contributed by atoms with E-state index < -0.39 is 11.7 Å². The first-order chi connectivity index (χ1) is 7.47. The molecular formula is C10H9F3N2S. The molecule has 0 fully saturated rings. The van der Waals surface area contributed by atoms with Gasteiger partial charge in [-0.05, 0) is 18.2 Å². The molecule has 86 valence electrons. The molecule has 0 bridgehead atoms. The number of nitrogen functional groups attached to an aromatic ring is 1. The first-order valence-corrected chi connectivity index (χ1v) is 5.21. The number of nitrogens with one attached hydrogen (secondary N) is 1. The lowest BCUT2D eigenvalue weighted by Gasteiger charge is -2.11. The van der Waals surface area contributed by atoms with Gasteiger partial charge >= 0.3 is 6.18 Å². The molecule has 6 heteroatoms. The quantitative estimate of drug-likeness (QED) is 0.373. The minimum absolute atomic E-state index is 0.203. The molecule has 1 aromatic carbocycles. The Morgan fingerprint density at radius 3 is 2.56 bits per heavy atom. The molecule has 0 amide bonds. The fraction of sp³-hybridized carbons (Fsp3) is 0.200. The fourth-order valence-corrected chi connectivity index (χ4v) is 1.72. The van der Waals surface area contributed by atoms with E-state index in [1.54, 1.807) is 0 Å². The van der Waals surface area contributed by atoms with Crippen LogP contribution in [-0.2, 0) is 6.18 Å². The number of anilines is 1. The summed E-state index contributed by atoms with van der Waals surface area (Å²) in [5, 5.41) is 0. The Kier molecular flexibility index (Phi) is 4.10. The highest BCUT2D eigenvalue weighted by atomic mass is 32.2. The topological polar surface area (TPSA) is 38.0 Å². The minimum Gasteiger partial charge on any atom is -0.324 e. The van der Waals surface area contributed by atoms with Crippen molar-refractivity contribution in [3.8, 4) is 12.3 Å². The van der Waals surface area contributed by atoms with Gasteiger partial charge in [0.2, 0.25) is 0 Å². The fourth-order valence-electron chi connectivity index (χ4n) is 1.05. The van der Waals surface area contributed by atoms with Gasteiger partial charge in [-0.2, -0.15) is 13.2 Å². The lowest BCUT2D eigenvalue weighted by Crippen LogP contribution is -2.10. The van der Waals surface area contributed by atoms with E-state index in [1.165, 1.54) is 6.07 Å². The van der Waals surface area contributed by atoms with Gasteiger partial charge in [0.05, 0.1) is 17.0 Å². The maximum Gasteiger partial charge on any atom is 0.416 e. The second kappa shape index (κ2) is 5.14. The van der Waals surface area contributed by atoms with Crippen molar-refractivity contribution in [1.29, 1.82) is 0 Å². The van der Waals surface area contributed by atoms with Gasteiger partial charge in [0.25, 0.3) is 0 Å². The van der Waals surface area contributed by atoms with Crippen molar-refractivity contribution >= 4 is 17.4 Å². The second-order valence-corrected chi connectivity index (χ2v) is 3.93. The van der Waals surface area contributed by atoms with Crippen LogP contribution in [0.5, 0.6) is 0 Å². The first-order valence-electron chi connectivity index (χ1n) is 4.22. The van der Waals surface area contributed by atoms with Crippen molar-refractivity contribution < 1.29 is 13.2 Å². The summed E-state index contributed by atoms with van der Waals surface area (Å²) in [4.78, 5) is 0.431. The van der Waals surface area contributed by atoms with Crippen molar-refractivity contribution in [3.05, 3.63) is 23.8 Å². The van der Waals surface area contributed by atoms with Gasteiger partial charge in [-0.3, -0.25) is 5.84 Å². The van der Waals surface area contributed by atoms with E-state index in [-0.39, 0.29) is 5.69 Å². The third kappa shape index (κ3) is 3.36. The summed E-state index contributed by atoms with van der Waals surface area (Å²) in [5.41, 5.74) is 1.65. The zero-order valence-corrected chi connectivity index (χ0v) is 8.95. The number of thioether (sulfide) groups is 1. The number of halogens is 3. The van der Waals surface area contributed by atoms with Gasteiger partial charge in [-0.25, -0.2) is 0 Å². The van der Waals surface area contributed by atoms with Crippen LogP contribution in [0, 0.1) is 12.3 Å². The van der Waals surface area contributed by atoms with Crippen LogP contribution in [0.4, 0.5) is 18.9 Å². The molecule has 0 aliphatic rings. The van der Waals surface area contributed by atoms with Crippen LogP contribution in [-0.4, -0.2) is 5.75 Å². The molecule has 3 N–H and O–H groups in total. The molecule has 0 aliphatic heterocycles. The Labute approximate surface area is 95.4 Å². The molecular weight excluding hydrogens is 237 g/mol. The van der Waals surface area contributed by atoms with Gasteiger partial charge < -0.3 is 5.43 Å². The highest BCUT2D eigenvalue weighted by molar-refractivity contribution is 7.99. The van der Waals surface area contributed by atoms with E-state index in [9.17, 15) is 13.2 Å². The maximum atomic E-state index is 12.5. The number of hydrazine groups is 1. The average molecular weight is 246 g/mol. The summed E-state index contributed by atoms with van der Waals surface area (Å²) in [6.45, 7) is 0. The number of benzene rings is 1. The third-order valence-electron chi connectivity index (χ3n) is 1.72. The number of alkyl halides is 3. The largest absolute Gasteiger partial charge is 0.416 e. The monoisotopic (exact) mass is 246 g/mol. The summed E-state index contributed by atoms with van der Waals surface area (Å²) >= 11 is 1.15. The van der Waals surface area contributed by atoms with Crippen LogP contribution in [0.25, 0.3) is 0 Å². The summed E-state index contributed by atoms with van der Waals surface area (Å²) in [7, 11) is 0. The SMILES string of the molecule is C#CCSc1cc(NN)cc(C(F)(F)F)c1. The first kappa shape index (κ1) is 12.7. The van der Waals surface area contributed by atoms with Crippen LogP contribution < -0.4 is 11.3 Å². The van der Waals surface area contributed by atoms with E-state index in [0.717, 1.165) is 23.9 Å². The predicted octanol–water partition coefficient (Wildman–Crippen LogP) is 2.72. The van der Waals surface area contributed by atoms with Crippen molar-refractivity contribution in [2.45, 2.75) is 11.1 Å². The molecule has 0 unspecified atom stereocenters. The molecule has 0 radical (unpaired) electrons. The van der Waals surface area contributed by atoms with Gasteiger partial charge in [-0.1, -0.05) is 5.92 Å². The minimum atomic E-state index is -4.39. The average Bonchev–Trinajstić information content (AvgIpc) is 2.24. The summed E-state index contributed by atoms with van der Waals surface area (Å²) in [6.07, 6.45) is 0.647. The molecule has 16 heavy (non-hydrogen) atoms. The molecule has 0 aromatic heterocycles. The van der Waals surface area contributed by atoms with Gasteiger partial charge in [-0.15, -0.1) is 18.2 Å². The Morgan fingerprint density at radius 2 is 2.06 bits per heavy atom. The Hall–Kier alpha value is -1.32. The van der Waals surface area contributed by atoms with E-state index in [0.29, 0.717) is 10.6 Å². The predicted molar refractivity (Wildman–Crippen MR) is 58.8 cm³/mol. The molecule has 0 saturated carbocycles. The standard InChI is InChI=1S/C10H9F3N2S/c1-2-3-16-9-5-7(10(11,12)13)4-8(6-9)15-14/h1,4-6,15H,3,14H2. The number of nitrogens with two attached hydrogens (primary N) is 1. The Bertz CT molecular complexity index is 410. The van der Waals surface area contributed by atoms with Crippen molar-refractivity contribution in [1.82, 2.24) is 0 Å². The van der Waals surface area contributed by atoms with E-state index >= 15 is 0 Å². The van der Waals surface area contributed by atoms with Gasteiger partial charge in [0, 0.05) is 4.90 Å². The zero-order valence-electron chi connectivity index (χ0n) is 8.14. The van der Waals surface area contributed by atoms with Crippen LogP contribution in [0.1, 0.15) is 5.56 Å². The maximum absolute atomic E-state index is 12.5. The van der Waals surface area contributed by atoms with E-state index in [4.69, 9.17) is 12.3 Å². The summed E-state index contributed by atoms with van der Waals surface area (Å²) in [5.74, 6) is 7.75. The number of terminal acetylenes is 1. The lowest BCUT2D eigenvalue weighted by atomic mass is 10.2. The number of rotatable bonds is 3. The highest BCUT2D eigenvalue weighted by Crippen LogP contribution is 2.34. The lowest BCUT2D eigenvalue weighted by molar-refractivity contribution is -0.137. The number of hydrogen-bond acceptors (Lipinski definition) is 3. The highest BCUT2D eigenvalue weighted by Gasteiger charge is 2.31. The van der Waals surface area contributed by atoms with Crippen LogP contribution in [0.2, 0.25) is 0 Å². The van der Waals surface area contributed by atoms with Crippen LogP contribution >= 0.6 is 11.8 Å². The van der Waals surface area contributed by atoms with Gasteiger partial charge in [0.15, 0.2) is 0 Å². The third-order valence-corrected chi connectivity index (χ3v) is 2.60. The Morgan fingerprint density at radius 1 is 1.38 bits per heavy atom. The van der Waals surface area contributed by atoms with Crippen molar-refractivity contribution in [2.24, 2.45) is 5.84 Å². The number of hydrogen-bond donors (Lipinski definition) is 2. The molecule has 0 saturated heterocycles.